The number of halogens is 4. The molecule has 0 aromatic heterocycles. The molecule has 100 valence electrons. The van der Waals surface area contributed by atoms with Gasteiger partial charge in [-0.25, -0.2) is 0 Å². The number of nitrogens with zero attached hydrogens (tertiary/aromatic N) is 1. The van der Waals surface area contributed by atoms with Crippen LogP contribution in [-0.2, 0) is 11.3 Å². The van der Waals surface area contributed by atoms with Gasteiger partial charge in [0.15, 0.2) is 6.10 Å². The second-order valence-corrected chi connectivity index (χ2v) is 4.39. The van der Waals surface area contributed by atoms with Gasteiger partial charge in [0, 0.05) is 6.07 Å². The monoisotopic (exact) mass is 327 g/mol. The fraction of sp³-hybridized carbons (Fsp3) is 0.400. The highest BCUT2D eigenvalue weighted by Crippen LogP contribution is 2.27. The molecule has 0 fully saturated rings. The number of rotatable bonds is 4. The number of alkyl halides is 3. The molecule has 0 N–H and O–H groups in total. The third kappa shape index (κ3) is 3.95. The highest BCUT2D eigenvalue weighted by atomic mass is 79.9. The van der Waals surface area contributed by atoms with Gasteiger partial charge in [-0.15, -0.1) is 0 Å². The van der Waals surface area contributed by atoms with Crippen molar-refractivity contribution in [2.24, 2.45) is 0 Å². The van der Waals surface area contributed by atoms with E-state index in [1.54, 1.807) is 0 Å². The molecule has 1 aromatic carbocycles. The van der Waals surface area contributed by atoms with Gasteiger partial charge in [-0.1, -0.05) is 6.07 Å². The minimum absolute atomic E-state index is 0.212. The van der Waals surface area contributed by atoms with E-state index in [2.05, 4.69) is 20.7 Å². The highest BCUT2D eigenvalue weighted by molar-refractivity contribution is 9.10. The van der Waals surface area contributed by atoms with E-state index in [1.807, 2.05) is 0 Å². The normalized spacial score (nSPS) is 13.4. The molecule has 8 heteroatoms. The fourth-order valence-electron chi connectivity index (χ4n) is 1.10. The van der Waals surface area contributed by atoms with Gasteiger partial charge >= 0.3 is 6.18 Å². The van der Waals surface area contributed by atoms with Crippen LogP contribution in [0.2, 0.25) is 0 Å². The topological polar surface area (TPSA) is 52.4 Å². The highest BCUT2D eigenvalue weighted by Gasteiger charge is 2.36. The molecule has 0 aliphatic rings. The van der Waals surface area contributed by atoms with Crippen LogP contribution in [0.5, 0.6) is 0 Å². The third-order valence-corrected chi connectivity index (χ3v) is 2.84. The number of ether oxygens (including phenoxy) is 1. The standard InChI is InChI=1S/C10H9BrF3NO3/c1-6(10(12,13)14)18-5-7-2-3-8(11)9(4-7)15(16)17/h2-4,6H,5H2,1H3. The molecular weight excluding hydrogens is 319 g/mol. The van der Waals surface area contributed by atoms with Crippen molar-refractivity contribution >= 4 is 21.6 Å². The molecule has 0 saturated heterocycles. The second-order valence-electron chi connectivity index (χ2n) is 3.54. The summed E-state index contributed by atoms with van der Waals surface area (Å²) in [7, 11) is 0. The van der Waals surface area contributed by atoms with Crippen molar-refractivity contribution in [2.75, 3.05) is 0 Å². The zero-order chi connectivity index (χ0) is 13.9. The van der Waals surface area contributed by atoms with Crippen LogP contribution in [0.1, 0.15) is 12.5 Å². The predicted octanol–water partition coefficient (Wildman–Crippen LogP) is 3.82. The van der Waals surface area contributed by atoms with E-state index in [0.717, 1.165) is 6.92 Å². The summed E-state index contributed by atoms with van der Waals surface area (Å²) in [5.41, 5.74) is 0.0942. The van der Waals surface area contributed by atoms with E-state index in [9.17, 15) is 23.3 Å². The first-order valence-electron chi connectivity index (χ1n) is 4.83. The van der Waals surface area contributed by atoms with Crippen LogP contribution in [0.25, 0.3) is 0 Å². The molecule has 18 heavy (non-hydrogen) atoms. The van der Waals surface area contributed by atoms with Gasteiger partial charge in [0.1, 0.15) is 0 Å². The maximum absolute atomic E-state index is 12.2. The van der Waals surface area contributed by atoms with E-state index in [4.69, 9.17) is 0 Å². The number of nitro groups is 1. The average Bonchev–Trinajstić information content (AvgIpc) is 2.25. The summed E-state index contributed by atoms with van der Waals surface area (Å²) >= 11 is 2.98. The number of nitro benzene ring substituents is 1. The molecule has 0 bridgehead atoms. The maximum Gasteiger partial charge on any atom is 0.414 e. The molecule has 0 saturated carbocycles. The predicted molar refractivity (Wildman–Crippen MR) is 61.1 cm³/mol. The Morgan fingerprint density at radius 3 is 2.61 bits per heavy atom. The molecule has 1 rings (SSSR count). The zero-order valence-corrected chi connectivity index (χ0v) is 10.8. The first-order valence-corrected chi connectivity index (χ1v) is 5.62. The molecule has 0 heterocycles. The Labute approximate surface area is 109 Å². The van der Waals surface area contributed by atoms with E-state index in [1.165, 1.54) is 18.2 Å². The SMILES string of the molecule is CC(OCc1ccc(Br)c([N+](=O)[O-])c1)C(F)(F)F. The van der Waals surface area contributed by atoms with E-state index < -0.39 is 17.2 Å². The van der Waals surface area contributed by atoms with Gasteiger partial charge in [-0.2, -0.15) is 13.2 Å². The van der Waals surface area contributed by atoms with Crippen LogP contribution in [0.4, 0.5) is 18.9 Å². The molecule has 4 nitrogen and oxygen atoms in total. The molecule has 0 aliphatic heterocycles. The first-order chi connectivity index (χ1) is 8.21. The van der Waals surface area contributed by atoms with Crippen molar-refractivity contribution in [3.05, 3.63) is 38.3 Å². The van der Waals surface area contributed by atoms with Crippen LogP contribution in [0, 0.1) is 10.1 Å². The third-order valence-electron chi connectivity index (χ3n) is 2.17. The Bertz CT molecular complexity index is 450. The lowest BCUT2D eigenvalue weighted by atomic mass is 10.2. The Kier molecular flexibility index (Phi) is 4.69. The zero-order valence-electron chi connectivity index (χ0n) is 9.20. The Hall–Kier alpha value is -1.15. The minimum Gasteiger partial charge on any atom is -0.364 e. The fourth-order valence-corrected chi connectivity index (χ4v) is 1.50. The van der Waals surface area contributed by atoms with Gasteiger partial charge in [0.05, 0.1) is 16.0 Å². The largest absolute Gasteiger partial charge is 0.414 e. The minimum atomic E-state index is -4.44. The summed E-state index contributed by atoms with van der Waals surface area (Å²) in [6, 6.07) is 4.03. The van der Waals surface area contributed by atoms with Gasteiger partial charge in [-0.05, 0) is 34.5 Å². The van der Waals surface area contributed by atoms with Gasteiger partial charge in [0.2, 0.25) is 0 Å². The Morgan fingerprint density at radius 1 is 1.50 bits per heavy atom. The van der Waals surface area contributed by atoms with Crippen LogP contribution >= 0.6 is 15.9 Å². The molecular formula is C10H9BrF3NO3. The van der Waals surface area contributed by atoms with E-state index in [0.29, 0.717) is 5.56 Å². The van der Waals surface area contributed by atoms with Crippen molar-refractivity contribution in [2.45, 2.75) is 25.8 Å². The summed E-state index contributed by atoms with van der Waals surface area (Å²) in [5, 5.41) is 10.6. The molecule has 1 aromatic rings. The molecule has 0 amide bonds. The molecule has 1 unspecified atom stereocenters. The number of hydrogen-bond acceptors (Lipinski definition) is 3. The summed E-state index contributed by atoms with van der Waals surface area (Å²) in [6.45, 7) is 0.544. The summed E-state index contributed by atoms with van der Waals surface area (Å²) in [6.07, 6.45) is -6.36. The Balaban J connectivity index is 2.75. The number of hydrogen-bond donors (Lipinski definition) is 0. The van der Waals surface area contributed by atoms with Crippen molar-refractivity contribution in [1.82, 2.24) is 0 Å². The Morgan fingerprint density at radius 2 is 2.11 bits per heavy atom. The summed E-state index contributed by atoms with van der Waals surface area (Å²) < 4.78 is 41.4. The van der Waals surface area contributed by atoms with Gasteiger partial charge in [-0.3, -0.25) is 10.1 Å². The first kappa shape index (κ1) is 14.9. The lowest BCUT2D eigenvalue weighted by Gasteiger charge is -2.16. The van der Waals surface area contributed by atoms with Crippen molar-refractivity contribution in [3.8, 4) is 0 Å². The maximum atomic E-state index is 12.2. The lowest BCUT2D eigenvalue weighted by Crippen LogP contribution is -2.28. The summed E-state index contributed by atoms with van der Waals surface area (Å²) in [5.74, 6) is 0. The van der Waals surface area contributed by atoms with Crippen LogP contribution < -0.4 is 0 Å². The molecule has 0 aliphatic carbocycles. The van der Waals surface area contributed by atoms with Crippen molar-refractivity contribution in [3.63, 3.8) is 0 Å². The van der Waals surface area contributed by atoms with Crippen LogP contribution in [0.3, 0.4) is 0 Å². The molecule has 0 spiro atoms. The van der Waals surface area contributed by atoms with Crippen LogP contribution in [0.15, 0.2) is 22.7 Å². The van der Waals surface area contributed by atoms with Gasteiger partial charge in [0.25, 0.3) is 5.69 Å². The smallest absolute Gasteiger partial charge is 0.364 e. The van der Waals surface area contributed by atoms with E-state index in [-0.39, 0.29) is 16.8 Å². The number of benzene rings is 1. The van der Waals surface area contributed by atoms with Crippen molar-refractivity contribution < 1.29 is 22.8 Å². The summed E-state index contributed by atoms with van der Waals surface area (Å²) in [4.78, 5) is 10.0. The quantitative estimate of drug-likeness (QED) is 0.624. The average molecular weight is 328 g/mol. The second kappa shape index (κ2) is 5.66. The lowest BCUT2D eigenvalue weighted by molar-refractivity contribution is -0.385. The van der Waals surface area contributed by atoms with E-state index >= 15 is 0 Å². The van der Waals surface area contributed by atoms with Crippen LogP contribution in [-0.4, -0.2) is 17.2 Å². The van der Waals surface area contributed by atoms with Crippen molar-refractivity contribution in [1.29, 1.82) is 0 Å². The molecule has 1 atom stereocenters. The molecule has 0 radical (unpaired) electrons. The van der Waals surface area contributed by atoms with Gasteiger partial charge < -0.3 is 4.74 Å².